The summed E-state index contributed by atoms with van der Waals surface area (Å²) in [7, 11) is 0. The van der Waals surface area contributed by atoms with Gasteiger partial charge in [-0.1, -0.05) is 68.0 Å². The Bertz CT molecular complexity index is 822. The second-order valence-electron chi connectivity index (χ2n) is 11.4. The molecular weight excluding hydrogens is 364 g/mol. The van der Waals surface area contributed by atoms with Crippen molar-refractivity contribution in [3.63, 3.8) is 0 Å². The van der Waals surface area contributed by atoms with Crippen molar-refractivity contribution >= 4 is 0 Å². The molecule has 0 spiro atoms. The van der Waals surface area contributed by atoms with Gasteiger partial charge in [0, 0.05) is 0 Å². The molecule has 7 unspecified atom stereocenters. The van der Waals surface area contributed by atoms with Crippen LogP contribution in [0.1, 0.15) is 77.7 Å². The van der Waals surface area contributed by atoms with Crippen molar-refractivity contribution < 1.29 is 4.74 Å². The number of fused-ring (bicyclic) bond motifs is 5. The largest absolute Gasteiger partial charge is 0.373 e. The molecule has 0 N–H and O–H groups in total. The van der Waals surface area contributed by atoms with E-state index in [2.05, 4.69) is 63.8 Å². The molecule has 0 heterocycles. The lowest BCUT2D eigenvalue weighted by molar-refractivity contribution is -0.0567. The van der Waals surface area contributed by atoms with Crippen molar-refractivity contribution in [2.45, 2.75) is 84.8 Å². The molecule has 1 aromatic rings. The first-order valence-corrected chi connectivity index (χ1v) is 12.4. The van der Waals surface area contributed by atoms with Crippen LogP contribution in [-0.2, 0) is 11.3 Å². The van der Waals surface area contributed by atoms with Crippen LogP contribution in [0.2, 0.25) is 0 Å². The summed E-state index contributed by atoms with van der Waals surface area (Å²) < 4.78 is 6.37. The highest BCUT2D eigenvalue weighted by atomic mass is 16.5. The van der Waals surface area contributed by atoms with Crippen LogP contribution in [0.25, 0.3) is 0 Å². The van der Waals surface area contributed by atoms with E-state index >= 15 is 0 Å². The SMILES string of the molecule is C=C(C)C1CCC2C3CC=C4CC(OCc5ccccc5)CCC4(C)C3CCC12C. The van der Waals surface area contributed by atoms with Crippen molar-refractivity contribution in [1.82, 2.24) is 0 Å². The Labute approximate surface area is 184 Å². The summed E-state index contributed by atoms with van der Waals surface area (Å²) in [6.07, 6.45) is 13.7. The first-order valence-electron chi connectivity index (χ1n) is 12.4. The van der Waals surface area contributed by atoms with E-state index in [1.807, 2.05) is 0 Å². The van der Waals surface area contributed by atoms with Crippen LogP contribution in [0.3, 0.4) is 0 Å². The van der Waals surface area contributed by atoms with Crippen LogP contribution in [0, 0.1) is 34.5 Å². The van der Waals surface area contributed by atoms with Gasteiger partial charge >= 0.3 is 0 Å². The lowest BCUT2D eigenvalue weighted by Gasteiger charge is -2.58. The summed E-state index contributed by atoms with van der Waals surface area (Å²) in [4.78, 5) is 0. The first-order chi connectivity index (χ1) is 14.4. The predicted molar refractivity (Wildman–Crippen MR) is 125 cm³/mol. The van der Waals surface area contributed by atoms with Crippen LogP contribution < -0.4 is 0 Å². The Balaban J connectivity index is 1.30. The Kier molecular flexibility index (Phi) is 5.25. The zero-order chi connectivity index (χ0) is 20.9. The number of allylic oxidation sites excluding steroid dienone is 2. The topological polar surface area (TPSA) is 9.23 Å². The van der Waals surface area contributed by atoms with Gasteiger partial charge < -0.3 is 4.74 Å². The van der Waals surface area contributed by atoms with E-state index in [0.29, 0.717) is 16.9 Å². The Morgan fingerprint density at radius 1 is 1.03 bits per heavy atom. The molecule has 0 aromatic heterocycles. The Morgan fingerprint density at radius 2 is 1.83 bits per heavy atom. The highest BCUT2D eigenvalue weighted by Gasteiger charge is 2.58. The van der Waals surface area contributed by atoms with E-state index in [4.69, 9.17) is 4.74 Å². The second kappa shape index (κ2) is 7.66. The lowest BCUT2D eigenvalue weighted by atomic mass is 9.47. The minimum Gasteiger partial charge on any atom is -0.373 e. The maximum Gasteiger partial charge on any atom is 0.0720 e. The van der Waals surface area contributed by atoms with Crippen molar-refractivity contribution in [3.8, 4) is 0 Å². The molecule has 1 aromatic carbocycles. The minimum atomic E-state index is 0.397. The van der Waals surface area contributed by atoms with Crippen LogP contribution >= 0.6 is 0 Å². The number of benzene rings is 1. The van der Waals surface area contributed by atoms with E-state index < -0.39 is 0 Å². The number of ether oxygens (including phenoxy) is 1. The molecule has 0 radical (unpaired) electrons. The maximum absolute atomic E-state index is 6.37. The minimum absolute atomic E-state index is 0.397. The van der Waals surface area contributed by atoms with Crippen LogP contribution in [-0.4, -0.2) is 6.10 Å². The predicted octanol–water partition coefficient (Wildman–Crippen LogP) is 7.73. The number of rotatable bonds is 4. The highest BCUT2D eigenvalue weighted by Crippen LogP contribution is 2.67. The van der Waals surface area contributed by atoms with Gasteiger partial charge in [-0.2, -0.15) is 0 Å². The summed E-state index contributed by atoms with van der Waals surface area (Å²) in [5.41, 5.74) is 5.38. The Morgan fingerprint density at radius 3 is 2.60 bits per heavy atom. The zero-order valence-corrected chi connectivity index (χ0v) is 19.3. The number of hydrogen-bond acceptors (Lipinski definition) is 1. The average molecular weight is 405 g/mol. The summed E-state index contributed by atoms with van der Waals surface area (Å²) in [6.45, 7) is 12.6. The van der Waals surface area contributed by atoms with Crippen LogP contribution in [0.5, 0.6) is 0 Å². The van der Waals surface area contributed by atoms with E-state index in [-0.39, 0.29) is 0 Å². The summed E-state index contributed by atoms with van der Waals surface area (Å²) in [5.74, 6) is 3.43. The number of hydrogen-bond donors (Lipinski definition) is 0. The van der Waals surface area contributed by atoms with Gasteiger partial charge in [0.15, 0.2) is 0 Å². The molecule has 3 saturated carbocycles. The molecule has 5 rings (SSSR count). The summed E-state index contributed by atoms with van der Waals surface area (Å²) in [5, 5.41) is 0. The summed E-state index contributed by atoms with van der Waals surface area (Å²) >= 11 is 0. The normalized spacial score (nSPS) is 42.6. The lowest BCUT2D eigenvalue weighted by Crippen LogP contribution is -2.50. The first kappa shape index (κ1) is 20.6. The molecule has 3 fully saturated rings. The summed E-state index contributed by atoms with van der Waals surface area (Å²) in [6, 6.07) is 10.7. The van der Waals surface area contributed by atoms with E-state index in [9.17, 15) is 0 Å². The average Bonchev–Trinajstić information content (AvgIpc) is 3.10. The van der Waals surface area contributed by atoms with Gasteiger partial charge in [-0.3, -0.25) is 0 Å². The van der Waals surface area contributed by atoms with Crippen molar-refractivity contribution in [3.05, 3.63) is 59.7 Å². The third kappa shape index (κ3) is 3.24. The quantitative estimate of drug-likeness (QED) is 0.467. The molecule has 0 bridgehead atoms. The standard InChI is InChI=1S/C29H40O/c1-20(2)25-12-13-26-24-11-10-22-18-23(30-19-21-8-6-5-7-9-21)14-16-28(22,3)27(24)15-17-29(25,26)4/h5-10,23-27H,1,11-19H2,2-4H3. The molecule has 0 aliphatic heterocycles. The van der Waals surface area contributed by atoms with Gasteiger partial charge in [-0.25, -0.2) is 0 Å². The third-order valence-corrected chi connectivity index (χ3v) is 9.98. The smallest absolute Gasteiger partial charge is 0.0720 e. The van der Waals surface area contributed by atoms with Gasteiger partial charge in [-0.15, -0.1) is 0 Å². The van der Waals surface area contributed by atoms with E-state index in [0.717, 1.165) is 36.7 Å². The fourth-order valence-corrected chi connectivity index (χ4v) is 8.37. The van der Waals surface area contributed by atoms with Gasteiger partial charge in [0.1, 0.15) is 0 Å². The molecular formula is C29H40O. The molecule has 162 valence electrons. The fraction of sp³-hybridized carbons (Fsp3) is 0.655. The van der Waals surface area contributed by atoms with E-state index in [1.165, 1.54) is 56.1 Å². The molecule has 4 aliphatic carbocycles. The van der Waals surface area contributed by atoms with Crippen molar-refractivity contribution in [1.29, 1.82) is 0 Å². The van der Waals surface area contributed by atoms with Gasteiger partial charge in [0.05, 0.1) is 12.7 Å². The van der Waals surface area contributed by atoms with Crippen LogP contribution in [0.15, 0.2) is 54.1 Å². The van der Waals surface area contributed by atoms with Gasteiger partial charge in [-0.05, 0) is 98.4 Å². The van der Waals surface area contributed by atoms with Crippen LogP contribution in [0.4, 0.5) is 0 Å². The van der Waals surface area contributed by atoms with Crippen molar-refractivity contribution in [2.75, 3.05) is 0 Å². The zero-order valence-electron chi connectivity index (χ0n) is 19.3. The highest BCUT2D eigenvalue weighted by molar-refractivity contribution is 5.26. The molecule has 4 aliphatic rings. The molecule has 30 heavy (non-hydrogen) atoms. The molecule has 1 nitrogen and oxygen atoms in total. The van der Waals surface area contributed by atoms with Gasteiger partial charge in [0.2, 0.25) is 0 Å². The Hall–Kier alpha value is -1.34. The second-order valence-corrected chi connectivity index (χ2v) is 11.4. The molecule has 1 heteroatoms. The van der Waals surface area contributed by atoms with Gasteiger partial charge in [0.25, 0.3) is 0 Å². The van der Waals surface area contributed by atoms with E-state index in [1.54, 1.807) is 5.57 Å². The monoisotopic (exact) mass is 404 g/mol. The third-order valence-electron chi connectivity index (χ3n) is 9.98. The van der Waals surface area contributed by atoms with Crippen molar-refractivity contribution in [2.24, 2.45) is 34.5 Å². The molecule has 0 saturated heterocycles. The maximum atomic E-state index is 6.37. The fourth-order valence-electron chi connectivity index (χ4n) is 8.37. The molecule has 0 amide bonds. The molecule has 7 atom stereocenters.